The normalized spacial score (nSPS) is 17.9. The molecule has 1 amide bonds. The molecule has 124 valence electrons. The molecule has 0 aliphatic carbocycles. The van der Waals surface area contributed by atoms with Crippen molar-refractivity contribution < 1.29 is 19.1 Å². The maximum atomic E-state index is 12.3. The summed E-state index contributed by atoms with van der Waals surface area (Å²) >= 11 is 0. The van der Waals surface area contributed by atoms with E-state index in [-0.39, 0.29) is 24.5 Å². The number of nitrogens with zero attached hydrogens (tertiary/aromatic N) is 1. The van der Waals surface area contributed by atoms with E-state index in [1.165, 1.54) is 0 Å². The number of benzene rings is 1. The van der Waals surface area contributed by atoms with Gasteiger partial charge in [0.15, 0.2) is 17.3 Å². The molecular formula is C18H23NO4. The highest BCUT2D eigenvalue weighted by molar-refractivity contribution is 5.98. The zero-order valence-electron chi connectivity index (χ0n) is 13.5. The van der Waals surface area contributed by atoms with Crippen molar-refractivity contribution in [1.29, 1.82) is 0 Å². The minimum atomic E-state index is -0.0271. The fourth-order valence-electron chi connectivity index (χ4n) is 3.00. The summed E-state index contributed by atoms with van der Waals surface area (Å²) < 4.78 is 10.9. The zero-order valence-corrected chi connectivity index (χ0v) is 13.5. The average Bonchev–Trinajstić information content (AvgIpc) is 2.59. The molecule has 0 saturated carbocycles. The SMILES string of the molecule is CC1CCN(C(=O)CCC(=O)c2ccc3c(c2)OCCO3)CC1. The van der Waals surface area contributed by atoms with Crippen molar-refractivity contribution in [2.75, 3.05) is 26.3 Å². The minimum Gasteiger partial charge on any atom is -0.486 e. The molecule has 0 radical (unpaired) electrons. The number of ketones is 1. The molecule has 1 saturated heterocycles. The Hall–Kier alpha value is -2.04. The molecule has 23 heavy (non-hydrogen) atoms. The summed E-state index contributed by atoms with van der Waals surface area (Å²) in [6, 6.07) is 5.21. The van der Waals surface area contributed by atoms with E-state index in [0.29, 0.717) is 36.2 Å². The molecule has 1 aromatic rings. The van der Waals surface area contributed by atoms with Crippen molar-refractivity contribution in [3.63, 3.8) is 0 Å². The van der Waals surface area contributed by atoms with Crippen LogP contribution < -0.4 is 9.47 Å². The second kappa shape index (κ2) is 7.02. The summed E-state index contributed by atoms with van der Waals surface area (Å²) in [6.07, 6.45) is 2.63. The highest BCUT2D eigenvalue weighted by Crippen LogP contribution is 2.31. The highest BCUT2D eigenvalue weighted by atomic mass is 16.6. The van der Waals surface area contributed by atoms with Crippen molar-refractivity contribution in [2.24, 2.45) is 5.92 Å². The van der Waals surface area contributed by atoms with Crippen LogP contribution in [0.3, 0.4) is 0 Å². The van der Waals surface area contributed by atoms with Gasteiger partial charge in [0.2, 0.25) is 5.91 Å². The third-order valence-electron chi connectivity index (χ3n) is 4.57. The number of piperidine rings is 1. The summed E-state index contributed by atoms with van der Waals surface area (Å²) in [7, 11) is 0. The lowest BCUT2D eigenvalue weighted by atomic mass is 9.98. The number of amides is 1. The van der Waals surface area contributed by atoms with E-state index >= 15 is 0 Å². The Labute approximate surface area is 136 Å². The number of likely N-dealkylation sites (tertiary alicyclic amines) is 1. The molecule has 1 fully saturated rings. The van der Waals surface area contributed by atoms with Gasteiger partial charge in [0.25, 0.3) is 0 Å². The lowest BCUT2D eigenvalue weighted by Crippen LogP contribution is -2.38. The van der Waals surface area contributed by atoms with Crippen molar-refractivity contribution in [2.45, 2.75) is 32.6 Å². The van der Waals surface area contributed by atoms with Gasteiger partial charge in [0, 0.05) is 31.5 Å². The van der Waals surface area contributed by atoms with Crippen LogP contribution in [0.5, 0.6) is 11.5 Å². The highest BCUT2D eigenvalue weighted by Gasteiger charge is 2.21. The number of carbonyl (C=O) groups excluding carboxylic acids is 2. The fourth-order valence-corrected chi connectivity index (χ4v) is 3.00. The number of hydrogen-bond acceptors (Lipinski definition) is 4. The van der Waals surface area contributed by atoms with Crippen molar-refractivity contribution in [3.05, 3.63) is 23.8 Å². The van der Waals surface area contributed by atoms with Crippen LogP contribution in [-0.2, 0) is 4.79 Å². The second-order valence-corrected chi connectivity index (χ2v) is 6.34. The topological polar surface area (TPSA) is 55.8 Å². The molecule has 0 N–H and O–H groups in total. The number of ether oxygens (including phenoxy) is 2. The monoisotopic (exact) mass is 317 g/mol. The number of Topliss-reactive ketones (excluding diaryl/α,β-unsaturated/α-hetero) is 1. The maximum absolute atomic E-state index is 12.3. The summed E-state index contributed by atoms with van der Waals surface area (Å²) in [4.78, 5) is 26.4. The summed E-state index contributed by atoms with van der Waals surface area (Å²) in [5.74, 6) is 2.03. The van der Waals surface area contributed by atoms with E-state index in [9.17, 15) is 9.59 Å². The van der Waals surface area contributed by atoms with E-state index in [4.69, 9.17) is 9.47 Å². The molecule has 2 aliphatic heterocycles. The van der Waals surface area contributed by atoms with Crippen LogP contribution in [0.1, 0.15) is 43.0 Å². The summed E-state index contributed by atoms with van der Waals surface area (Å²) in [5, 5.41) is 0. The van der Waals surface area contributed by atoms with E-state index in [1.54, 1.807) is 18.2 Å². The fraction of sp³-hybridized carbons (Fsp3) is 0.556. The molecule has 0 aromatic heterocycles. The van der Waals surface area contributed by atoms with Crippen LogP contribution >= 0.6 is 0 Å². The Balaban J connectivity index is 1.54. The molecule has 3 rings (SSSR count). The van der Waals surface area contributed by atoms with Gasteiger partial charge in [0.05, 0.1) is 0 Å². The third kappa shape index (κ3) is 3.84. The maximum Gasteiger partial charge on any atom is 0.223 e. The first-order valence-corrected chi connectivity index (χ1v) is 8.34. The van der Waals surface area contributed by atoms with Crippen molar-refractivity contribution in [3.8, 4) is 11.5 Å². The molecule has 0 spiro atoms. The lowest BCUT2D eigenvalue weighted by molar-refractivity contribution is -0.132. The van der Waals surface area contributed by atoms with Crippen LogP contribution in [0.4, 0.5) is 0 Å². The Kier molecular flexibility index (Phi) is 4.84. The first kappa shape index (κ1) is 15.8. The Morgan fingerprint density at radius 1 is 1.09 bits per heavy atom. The lowest BCUT2D eigenvalue weighted by Gasteiger charge is -2.30. The van der Waals surface area contributed by atoms with Gasteiger partial charge in [-0.2, -0.15) is 0 Å². The van der Waals surface area contributed by atoms with Crippen LogP contribution in [0.15, 0.2) is 18.2 Å². The van der Waals surface area contributed by atoms with E-state index in [1.807, 2.05) is 4.90 Å². The molecule has 5 heteroatoms. The van der Waals surface area contributed by atoms with Gasteiger partial charge in [-0.25, -0.2) is 0 Å². The summed E-state index contributed by atoms with van der Waals surface area (Å²) in [6.45, 7) is 4.88. The first-order valence-electron chi connectivity index (χ1n) is 8.34. The minimum absolute atomic E-state index is 0.0271. The number of fused-ring (bicyclic) bond motifs is 1. The van der Waals surface area contributed by atoms with Gasteiger partial charge in [0.1, 0.15) is 13.2 Å². The van der Waals surface area contributed by atoms with Crippen molar-refractivity contribution >= 4 is 11.7 Å². The smallest absolute Gasteiger partial charge is 0.223 e. The molecule has 2 heterocycles. The van der Waals surface area contributed by atoms with Gasteiger partial charge in [-0.15, -0.1) is 0 Å². The summed E-state index contributed by atoms with van der Waals surface area (Å²) in [5.41, 5.74) is 0.578. The van der Waals surface area contributed by atoms with Crippen LogP contribution in [-0.4, -0.2) is 42.9 Å². The van der Waals surface area contributed by atoms with Crippen LogP contribution in [0, 0.1) is 5.92 Å². The van der Waals surface area contributed by atoms with Crippen LogP contribution in [0.2, 0.25) is 0 Å². The Bertz CT molecular complexity index is 591. The van der Waals surface area contributed by atoms with Gasteiger partial charge in [-0.1, -0.05) is 6.92 Å². The van der Waals surface area contributed by atoms with Gasteiger partial charge in [-0.3, -0.25) is 9.59 Å². The largest absolute Gasteiger partial charge is 0.486 e. The molecule has 0 atom stereocenters. The molecule has 2 aliphatic rings. The van der Waals surface area contributed by atoms with E-state index in [2.05, 4.69) is 6.92 Å². The molecule has 0 unspecified atom stereocenters. The van der Waals surface area contributed by atoms with Crippen LogP contribution in [0.25, 0.3) is 0 Å². The quantitative estimate of drug-likeness (QED) is 0.801. The van der Waals surface area contributed by atoms with E-state index < -0.39 is 0 Å². The molecular weight excluding hydrogens is 294 g/mol. The predicted molar refractivity (Wildman–Crippen MR) is 86.0 cm³/mol. The average molecular weight is 317 g/mol. The van der Waals surface area contributed by atoms with Gasteiger partial charge in [-0.05, 0) is 37.0 Å². The standard InChI is InChI=1S/C18H23NO4/c1-13-6-8-19(9-7-13)18(21)5-3-15(20)14-2-4-16-17(12-14)23-11-10-22-16/h2,4,12-13H,3,5-11H2,1H3. The number of hydrogen-bond donors (Lipinski definition) is 0. The van der Waals surface area contributed by atoms with Gasteiger partial charge >= 0.3 is 0 Å². The van der Waals surface area contributed by atoms with Crippen molar-refractivity contribution in [1.82, 2.24) is 4.90 Å². The molecule has 5 nitrogen and oxygen atoms in total. The van der Waals surface area contributed by atoms with Gasteiger partial charge < -0.3 is 14.4 Å². The molecule has 0 bridgehead atoms. The van der Waals surface area contributed by atoms with E-state index in [0.717, 1.165) is 25.9 Å². The zero-order chi connectivity index (χ0) is 16.2. The predicted octanol–water partition coefficient (Wildman–Crippen LogP) is 2.68. The number of carbonyl (C=O) groups is 2. The Morgan fingerprint density at radius 3 is 2.52 bits per heavy atom. The first-order chi connectivity index (χ1) is 11.1. The molecule has 1 aromatic carbocycles. The third-order valence-corrected chi connectivity index (χ3v) is 4.57. The number of rotatable bonds is 4. The second-order valence-electron chi connectivity index (χ2n) is 6.34. The Morgan fingerprint density at radius 2 is 1.78 bits per heavy atom.